The Balaban J connectivity index is 1.88. The Morgan fingerprint density at radius 2 is 1.83 bits per heavy atom. The van der Waals surface area contributed by atoms with Crippen LogP contribution >= 0.6 is 46.4 Å². The van der Waals surface area contributed by atoms with E-state index in [1.54, 1.807) is 0 Å². The smallest absolute Gasteiger partial charge is 0.310 e. The van der Waals surface area contributed by atoms with Crippen molar-refractivity contribution in [2.45, 2.75) is 31.4 Å². The van der Waals surface area contributed by atoms with Crippen LogP contribution in [-0.2, 0) is 25.7 Å². The lowest BCUT2D eigenvalue weighted by Gasteiger charge is -2.37. The number of ether oxygens (including phenoxy) is 1. The van der Waals surface area contributed by atoms with Crippen molar-refractivity contribution in [3.8, 4) is 0 Å². The van der Waals surface area contributed by atoms with Crippen LogP contribution in [0.5, 0.6) is 0 Å². The van der Waals surface area contributed by atoms with Gasteiger partial charge in [0.25, 0.3) is 5.92 Å². The Kier molecular flexibility index (Phi) is 9.50. The maximum atomic E-state index is 15.1. The number of carbonyl (C=O) groups excluding carboxylic acids is 3. The third-order valence-electron chi connectivity index (χ3n) is 7.04. The van der Waals surface area contributed by atoms with Crippen LogP contribution in [0.3, 0.4) is 0 Å². The second-order valence-electron chi connectivity index (χ2n) is 9.88. The number of benzene rings is 2. The van der Waals surface area contributed by atoms with Gasteiger partial charge in [0.2, 0.25) is 11.8 Å². The van der Waals surface area contributed by atoms with Crippen LogP contribution in [0.2, 0.25) is 20.1 Å². The maximum Gasteiger partial charge on any atom is 0.310 e. The fourth-order valence-electron chi connectivity index (χ4n) is 5.28. The average molecular weight is 653 g/mol. The van der Waals surface area contributed by atoms with Gasteiger partial charge in [0.05, 0.1) is 39.8 Å². The predicted molar refractivity (Wildman–Crippen MR) is 151 cm³/mol. The summed E-state index contributed by atoms with van der Waals surface area (Å²) in [7, 11) is 1.20. The molecular formula is C27H24Cl4F3N3O4. The zero-order valence-electron chi connectivity index (χ0n) is 21.5. The average Bonchev–Trinajstić information content (AvgIpc) is 3.18. The molecule has 2 aromatic carbocycles. The number of fused-ring (bicyclic) bond motifs is 2. The van der Waals surface area contributed by atoms with Gasteiger partial charge in [-0.25, -0.2) is 13.2 Å². The summed E-state index contributed by atoms with van der Waals surface area (Å²) in [6.45, 7) is 2.26. The van der Waals surface area contributed by atoms with Gasteiger partial charge >= 0.3 is 5.97 Å². The van der Waals surface area contributed by atoms with Crippen LogP contribution in [0.1, 0.15) is 18.4 Å². The number of rotatable bonds is 5. The van der Waals surface area contributed by atoms with Gasteiger partial charge in [-0.05, 0) is 29.8 Å². The molecule has 1 N–H and O–H groups in total. The molecule has 0 aromatic heterocycles. The molecule has 7 nitrogen and oxygen atoms in total. The largest absolute Gasteiger partial charge is 0.461 e. The fraction of sp³-hybridized carbons (Fsp3) is 0.370. The molecular weight excluding hydrogens is 629 g/mol. The predicted octanol–water partition coefficient (Wildman–Crippen LogP) is 6.62. The normalized spacial score (nSPS) is 22.2. The van der Waals surface area contributed by atoms with E-state index in [1.807, 2.05) is 0 Å². The van der Waals surface area contributed by atoms with Crippen molar-refractivity contribution >= 4 is 75.6 Å². The van der Waals surface area contributed by atoms with Gasteiger partial charge < -0.3 is 15.0 Å². The molecule has 2 aromatic rings. The van der Waals surface area contributed by atoms with Crippen molar-refractivity contribution in [2.75, 3.05) is 30.4 Å². The van der Waals surface area contributed by atoms with Crippen LogP contribution in [0, 0.1) is 17.7 Å². The van der Waals surface area contributed by atoms with Gasteiger partial charge in [-0.2, -0.15) is 0 Å². The Bertz CT molecular complexity index is 1410. The summed E-state index contributed by atoms with van der Waals surface area (Å²) >= 11 is 24.5. The standard InChI is InChI=1S/C27H24Cl4F3N3O4/c1-3-4-41-26(40)16-9-21(38)35-24-13(5-14(28)7-18(24)31)11-37-12-27(33,34)10-20(37)22(16)25(39)36(2)19-8-15(29)6-17(30)23(19)32/h3,5-8,16,20,22H,1,4,9-12H2,2H3,(H,35,38)/t16-,20-,22-/m1/s1. The van der Waals surface area contributed by atoms with Crippen LogP contribution in [0.15, 0.2) is 36.9 Å². The minimum absolute atomic E-state index is 0.0118. The van der Waals surface area contributed by atoms with Crippen molar-refractivity contribution in [3.63, 3.8) is 0 Å². The van der Waals surface area contributed by atoms with Gasteiger partial charge in [-0.3, -0.25) is 19.3 Å². The molecule has 3 atom stereocenters. The summed E-state index contributed by atoms with van der Waals surface area (Å²) in [6.07, 6.45) is -0.180. The van der Waals surface area contributed by atoms with Gasteiger partial charge in [-0.15, -0.1) is 0 Å². The molecule has 1 fully saturated rings. The molecule has 2 aliphatic rings. The van der Waals surface area contributed by atoms with Crippen molar-refractivity contribution in [3.05, 3.63) is 68.4 Å². The first-order valence-electron chi connectivity index (χ1n) is 12.3. The van der Waals surface area contributed by atoms with Gasteiger partial charge in [0.15, 0.2) is 5.82 Å². The monoisotopic (exact) mass is 651 g/mol. The molecule has 0 unspecified atom stereocenters. The number of nitrogens with one attached hydrogen (secondary N) is 1. The van der Waals surface area contributed by atoms with E-state index in [-0.39, 0.29) is 44.6 Å². The topological polar surface area (TPSA) is 79.0 Å². The lowest BCUT2D eigenvalue weighted by molar-refractivity contribution is -0.154. The molecule has 220 valence electrons. The van der Waals surface area contributed by atoms with Crippen molar-refractivity contribution in [2.24, 2.45) is 11.8 Å². The Labute approximate surface area is 254 Å². The number of amides is 2. The van der Waals surface area contributed by atoms with Crippen molar-refractivity contribution in [1.82, 2.24) is 4.90 Å². The molecule has 0 saturated carbocycles. The van der Waals surface area contributed by atoms with E-state index in [4.69, 9.17) is 51.1 Å². The summed E-state index contributed by atoms with van der Waals surface area (Å²) in [5, 5.41) is 2.52. The first-order chi connectivity index (χ1) is 19.2. The number of esters is 1. The first kappa shape index (κ1) is 31.4. The summed E-state index contributed by atoms with van der Waals surface area (Å²) in [5.41, 5.74) is 0.136. The summed E-state index contributed by atoms with van der Waals surface area (Å²) in [4.78, 5) is 42.9. The van der Waals surface area contributed by atoms with Crippen LogP contribution in [-0.4, -0.2) is 54.8 Å². The van der Waals surface area contributed by atoms with Crippen molar-refractivity contribution < 1.29 is 32.3 Å². The minimum Gasteiger partial charge on any atom is -0.461 e. The molecule has 14 heteroatoms. The van der Waals surface area contributed by atoms with Gasteiger partial charge in [-0.1, -0.05) is 59.1 Å². The highest BCUT2D eigenvalue weighted by Crippen LogP contribution is 2.43. The third-order valence-corrected chi connectivity index (χ3v) is 8.05. The molecule has 0 aliphatic carbocycles. The van der Waals surface area contributed by atoms with E-state index in [0.29, 0.717) is 5.56 Å². The molecule has 41 heavy (non-hydrogen) atoms. The second kappa shape index (κ2) is 12.4. The number of hydrogen-bond acceptors (Lipinski definition) is 5. The van der Waals surface area contributed by atoms with E-state index in [2.05, 4.69) is 11.9 Å². The summed E-state index contributed by atoms with van der Waals surface area (Å²) < 4.78 is 50.4. The Hall–Kier alpha value is -2.50. The number of halogens is 7. The highest BCUT2D eigenvalue weighted by atomic mass is 35.5. The molecule has 2 aliphatic heterocycles. The second-order valence-corrected chi connectivity index (χ2v) is 11.6. The fourth-order valence-corrected chi connectivity index (χ4v) is 6.35. The zero-order chi connectivity index (χ0) is 30.2. The number of carbonyl (C=O) groups is 3. The van der Waals surface area contributed by atoms with E-state index in [1.165, 1.54) is 30.2 Å². The number of anilines is 2. The van der Waals surface area contributed by atoms with E-state index in [0.717, 1.165) is 17.0 Å². The molecule has 2 heterocycles. The van der Waals surface area contributed by atoms with E-state index in [9.17, 15) is 14.4 Å². The molecule has 4 rings (SSSR count). The highest BCUT2D eigenvalue weighted by Gasteiger charge is 2.54. The Morgan fingerprint density at radius 3 is 2.51 bits per heavy atom. The zero-order valence-corrected chi connectivity index (χ0v) is 24.6. The lowest BCUT2D eigenvalue weighted by Crippen LogP contribution is -2.51. The minimum atomic E-state index is -3.27. The summed E-state index contributed by atoms with van der Waals surface area (Å²) in [6, 6.07) is 3.85. The lowest BCUT2D eigenvalue weighted by atomic mass is 9.80. The van der Waals surface area contributed by atoms with Crippen LogP contribution < -0.4 is 10.2 Å². The molecule has 0 bridgehead atoms. The number of nitrogens with zero attached hydrogens (tertiary/aromatic N) is 2. The van der Waals surface area contributed by atoms with E-state index < -0.39 is 66.8 Å². The number of alkyl halides is 2. The maximum absolute atomic E-state index is 15.1. The van der Waals surface area contributed by atoms with Gasteiger partial charge in [0.1, 0.15) is 6.61 Å². The molecule has 0 spiro atoms. The SMILES string of the molecule is C=CCOC(=O)[C@@H]1CC(=O)Nc2c(Cl)cc(Cl)cc2CN2CC(F)(F)C[C@@H]2[C@@H]1C(=O)N(C)c1cc(Cl)cc(Cl)c1F. The first-order valence-corrected chi connectivity index (χ1v) is 13.8. The van der Waals surface area contributed by atoms with Crippen LogP contribution in [0.4, 0.5) is 24.5 Å². The summed E-state index contributed by atoms with van der Waals surface area (Å²) in [5.74, 6) is -10.0. The third kappa shape index (κ3) is 6.78. The Morgan fingerprint density at radius 1 is 1.17 bits per heavy atom. The molecule has 2 amide bonds. The highest BCUT2D eigenvalue weighted by molar-refractivity contribution is 6.37. The van der Waals surface area contributed by atoms with Crippen molar-refractivity contribution in [1.29, 1.82) is 0 Å². The molecule has 1 saturated heterocycles. The van der Waals surface area contributed by atoms with E-state index >= 15 is 13.2 Å². The van der Waals surface area contributed by atoms with Crippen LogP contribution in [0.25, 0.3) is 0 Å². The van der Waals surface area contributed by atoms with Gasteiger partial charge in [0, 0.05) is 42.5 Å². The molecule has 0 radical (unpaired) electrons. The quantitative estimate of drug-likeness (QED) is 0.223. The number of hydrogen-bond donors (Lipinski definition) is 1.